The van der Waals surface area contributed by atoms with Crippen LogP contribution in [0.15, 0.2) is 12.4 Å². The number of carbonyl (C=O) groups excluding carboxylic acids is 1. The lowest BCUT2D eigenvalue weighted by molar-refractivity contribution is -0.131. The molecule has 1 unspecified atom stereocenters. The SMILES string of the molecule is CCCCN(C)C(=O)C(N)c1cnn(C)c1. The van der Waals surface area contributed by atoms with Crippen LogP contribution in [-0.4, -0.2) is 34.2 Å². The van der Waals surface area contributed by atoms with Crippen molar-refractivity contribution in [3.8, 4) is 0 Å². The fraction of sp³-hybridized carbons (Fsp3) is 0.636. The van der Waals surface area contributed by atoms with E-state index in [9.17, 15) is 4.79 Å². The molecule has 0 saturated carbocycles. The minimum Gasteiger partial charge on any atom is -0.344 e. The van der Waals surface area contributed by atoms with Crippen molar-refractivity contribution in [3.63, 3.8) is 0 Å². The Morgan fingerprint density at radius 2 is 2.38 bits per heavy atom. The highest BCUT2D eigenvalue weighted by atomic mass is 16.2. The molecule has 0 saturated heterocycles. The van der Waals surface area contributed by atoms with Crippen LogP contribution in [0.4, 0.5) is 0 Å². The first-order chi connectivity index (χ1) is 7.56. The molecular weight excluding hydrogens is 204 g/mol. The van der Waals surface area contributed by atoms with E-state index in [4.69, 9.17) is 5.73 Å². The maximum atomic E-state index is 11.9. The number of amides is 1. The highest BCUT2D eigenvalue weighted by Gasteiger charge is 2.20. The lowest BCUT2D eigenvalue weighted by atomic mass is 10.1. The number of likely N-dealkylation sites (N-methyl/N-ethyl adjacent to an activating group) is 1. The largest absolute Gasteiger partial charge is 0.344 e. The Balaban J connectivity index is 2.59. The molecule has 5 heteroatoms. The second-order valence-corrected chi connectivity index (χ2v) is 4.04. The summed E-state index contributed by atoms with van der Waals surface area (Å²) in [5, 5.41) is 4.01. The first-order valence-corrected chi connectivity index (χ1v) is 5.55. The van der Waals surface area contributed by atoms with E-state index in [0.717, 1.165) is 24.9 Å². The number of aryl methyl sites for hydroxylation is 1. The van der Waals surface area contributed by atoms with Crippen molar-refractivity contribution >= 4 is 5.91 Å². The van der Waals surface area contributed by atoms with Crippen LogP contribution in [0.1, 0.15) is 31.4 Å². The summed E-state index contributed by atoms with van der Waals surface area (Å²) in [7, 11) is 3.59. The summed E-state index contributed by atoms with van der Waals surface area (Å²) in [6.45, 7) is 2.85. The molecule has 1 aromatic heterocycles. The second-order valence-electron chi connectivity index (χ2n) is 4.04. The van der Waals surface area contributed by atoms with Crippen molar-refractivity contribution in [1.29, 1.82) is 0 Å². The van der Waals surface area contributed by atoms with Gasteiger partial charge in [-0.2, -0.15) is 5.10 Å². The van der Waals surface area contributed by atoms with Crippen LogP contribution >= 0.6 is 0 Å². The zero-order chi connectivity index (χ0) is 12.1. The minimum atomic E-state index is -0.601. The molecule has 1 heterocycles. The van der Waals surface area contributed by atoms with Gasteiger partial charge in [-0.25, -0.2) is 0 Å². The fourth-order valence-corrected chi connectivity index (χ4v) is 1.49. The first kappa shape index (κ1) is 12.7. The molecule has 0 aliphatic rings. The molecule has 0 bridgehead atoms. The number of nitrogens with two attached hydrogens (primary N) is 1. The van der Waals surface area contributed by atoms with E-state index in [1.54, 1.807) is 29.0 Å². The predicted octanol–water partition coefficient (Wildman–Crippen LogP) is 0.678. The lowest BCUT2D eigenvalue weighted by Crippen LogP contribution is -2.36. The Labute approximate surface area is 96.2 Å². The lowest BCUT2D eigenvalue weighted by Gasteiger charge is -2.20. The summed E-state index contributed by atoms with van der Waals surface area (Å²) in [6, 6.07) is -0.601. The molecule has 16 heavy (non-hydrogen) atoms. The quantitative estimate of drug-likeness (QED) is 0.800. The van der Waals surface area contributed by atoms with Crippen LogP contribution in [0.3, 0.4) is 0 Å². The molecule has 0 spiro atoms. The van der Waals surface area contributed by atoms with Crippen LogP contribution in [0.25, 0.3) is 0 Å². The number of nitrogens with zero attached hydrogens (tertiary/aromatic N) is 3. The number of unbranched alkanes of at least 4 members (excludes halogenated alkanes) is 1. The Morgan fingerprint density at radius 1 is 1.69 bits per heavy atom. The molecule has 0 aromatic carbocycles. The van der Waals surface area contributed by atoms with Gasteiger partial charge < -0.3 is 10.6 Å². The molecule has 5 nitrogen and oxygen atoms in total. The number of hydrogen-bond acceptors (Lipinski definition) is 3. The second kappa shape index (κ2) is 5.65. The highest BCUT2D eigenvalue weighted by Crippen LogP contribution is 2.11. The van der Waals surface area contributed by atoms with Gasteiger partial charge in [0.1, 0.15) is 6.04 Å². The molecule has 0 radical (unpaired) electrons. The predicted molar refractivity (Wildman–Crippen MR) is 62.7 cm³/mol. The molecule has 2 N–H and O–H groups in total. The Morgan fingerprint density at radius 3 is 2.88 bits per heavy atom. The fourth-order valence-electron chi connectivity index (χ4n) is 1.49. The van der Waals surface area contributed by atoms with Gasteiger partial charge in [0, 0.05) is 32.4 Å². The van der Waals surface area contributed by atoms with Gasteiger partial charge in [-0.1, -0.05) is 13.3 Å². The third-order valence-corrected chi connectivity index (χ3v) is 2.57. The highest BCUT2D eigenvalue weighted by molar-refractivity contribution is 5.82. The molecule has 1 atom stereocenters. The van der Waals surface area contributed by atoms with E-state index in [-0.39, 0.29) is 5.91 Å². The summed E-state index contributed by atoms with van der Waals surface area (Å²) in [5.41, 5.74) is 6.64. The first-order valence-electron chi connectivity index (χ1n) is 5.55. The van der Waals surface area contributed by atoms with Crippen LogP contribution in [0.2, 0.25) is 0 Å². The molecule has 1 amide bonds. The number of aromatic nitrogens is 2. The topological polar surface area (TPSA) is 64.2 Å². The van der Waals surface area contributed by atoms with Crippen molar-refractivity contribution in [1.82, 2.24) is 14.7 Å². The van der Waals surface area contributed by atoms with Gasteiger partial charge in [-0.3, -0.25) is 9.48 Å². The average Bonchev–Trinajstić information content (AvgIpc) is 2.70. The van der Waals surface area contributed by atoms with Gasteiger partial charge in [-0.05, 0) is 6.42 Å². The third kappa shape index (κ3) is 3.06. The summed E-state index contributed by atoms with van der Waals surface area (Å²) in [4.78, 5) is 13.6. The number of carbonyl (C=O) groups is 1. The molecule has 90 valence electrons. The van der Waals surface area contributed by atoms with Gasteiger partial charge in [0.05, 0.1) is 6.20 Å². The molecule has 0 aliphatic carbocycles. The van der Waals surface area contributed by atoms with Crippen LogP contribution in [0.5, 0.6) is 0 Å². The van der Waals surface area contributed by atoms with Gasteiger partial charge in [-0.15, -0.1) is 0 Å². The normalized spacial score (nSPS) is 12.5. The maximum absolute atomic E-state index is 11.9. The Kier molecular flexibility index (Phi) is 4.49. The third-order valence-electron chi connectivity index (χ3n) is 2.57. The molecule has 0 fully saturated rings. The van der Waals surface area contributed by atoms with E-state index in [1.807, 2.05) is 7.05 Å². The van der Waals surface area contributed by atoms with Gasteiger partial charge in [0.2, 0.25) is 5.91 Å². The monoisotopic (exact) mass is 224 g/mol. The van der Waals surface area contributed by atoms with Gasteiger partial charge in [0.25, 0.3) is 0 Å². The average molecular weight is 224 g/mol. The zero-order valence-corrected chi connectivity index (χ0v) is 10.2. The summed E-state index contributed by atoms with van der Waals surface area (Å²) < 4.78 is 1.65. The van der Waals surface area contributed by atoms with Crippen molar-refractivity contribution in [2.75, 3.05) is 13.6 Å². The Hall–Kier alpha value is -1.36. The Bertz CT molecular complexity index is 348. The van der Waals surface area contributed by atoms with Crippen molar-refractivity contribution in [2.45, 2.75) is 25.8 Å². The van der Waals surface area contributed by atoms with E-state index in [0.29, 0.717) is 0 Å². The van der Waals surface area contributed by atoms with E-state index in [1.165, 1.54) is 0 Å². The molecule has 1 rings (SSSR count). The van der Waals surface area contributed by atoms with E-state index < -0.39 is 6.04 Å². The summed E-state index contributed by atoms with van der Waals surface area (Å²) >= 11 is 0. The molecule has 0 aliphatic heterocycles. The smallest absolute Gasteiger partial charge is 0.243 e. The van der Waals surface area contributed by atoms with Crippen LogP contribution < -0.4 is 5.73 Å². The van der Waals surface area contributed by atoms with Crippen molar-refractivity contribution < 1.29 is 4.79 Å². The van der Waals surface area contributed by atoms with Gasteiger partial charge in [0.15, 0.2) is 0 Å². The van der Waals surface area contributed by atoms with Crippen LogP contribution in [0, 0.1) is 0 Å². The summed E-state index contributed by atoms with van der Waals surface area (Å²) in [5.74, 6) is -0.0542. The zero-order valence-electron chi connectivity index (χ0n) is 10.2. The van der Waals surface area contributed by atoms with Crippen molar-refractivity contribution in [2.24, 2.45) is 12.8 Å². The molecule has 1 aromatic rings. The summed E-state index contributed by atoms with van der Waals surface area (Å²) in [6.07, 6.45) is 5.48. The maximum Gasteiger partial charge on any atom is 0.243 e. The number of hydrogen-bond donors (Lipinski definition) is 1. The van der Waals surface area contributed by atoms with E-state index in [2.05, 4.69) is 12.0 Å². The standard InChI is InChI=1S/C11H20N4O/c1-4-5-6-14(2)11(16)10(12)9-7-13-15(3)8-9/h7-8,10H,4-6,12H2,1-3H3. The van der Waals surface area contributed by atoms with Crippen molar-refractivity contribution in [3.05, 3.63) is 18.0 Å². The van der Waals surface area contributed by atoms with Gasteiger partial charge >= 0.3 is 0 Å². The van der Waals surface area contributed by atoms with E-state index >= 15 is 0 Å². The number of rotatable bonds is 5. The molecular formula is C11H20N4O. The van der Waals surface area contributed by atoms with Crippen LogP contribution in [-0.2, 0) is 11.8 Å². The minimum absolute atomic E-state index is 0.0542.